The van der Waals surface area contributed by atoms with Crippen LogP contribution in [0.25, 0.3) is 0 Å². The fourth-order valence-corrected chi connectivity index (χ4v) is 2.72. The Morgan fingerprint density at radius 1 is 1.63 bits per heavy atom. The molecule has 5 heteroatoms. The molecule has 1 saturated heterocycles. The van der Waals surface area contributed by atoms with E-state index in [9.17, 15) is 14.3 Å². The standard InChI is InChI=1S/C14H18FNO3/c1-2-9-8-14(13(17)18,6-7-19-9)10-4-3-5-11(15)12(10)16/h3-5,9H,2,6-8,16H2,1H3,(H,17,18). The third-order valence-corrected chi connectivity index (χ3v) is 3.89. The molecular formula is C14H18FNO3. The van der Waals surface area contributed by atoms with Gasteiger partial charge in [-0.05, 0) is 30.9 Å². The molecule has 2 atom stereocenters. The van der Waals surface area contributed by atoms with Crippen molar-refractivity contribution >= 4 is 11.7 Å². The third kappa shape index (κ3) is 2.30. The summed E-state index contributed by atoms with van der Waals surface area (Å²) in [5.74, 6) is -1.54. The number of para-hydroxylation sites is 1. The summed E-state index contributed by atoms with van der Waals surface area (Å²) in [7, 11) is 0. The van der Waals surface area contributed by atoms with Crippen molar-refractivity contribution in [3.8, 4) is 0 Å². The number of halogens is 1. The molecule has 19 heavy (non-hydrogen) atoms. The minimum absolute atomic E-state index is 0.0679. The Bertz CT molecular complexity index is 492. The van der Waals surface area contributed by atoms with Crippen molar-refractivity contribution in [1.82, 2.24) is 0 Å². The van der Waals surface area contributed by atoms with E-state index in [1.165, 1.54) is 12.1 Å². The minimum Gasteiger partial charge on any atom is -0.481 e. The molecule has 1 heterocycles. The zero-order valence-corrected chi connectivity index (χ0v) is 10.9. The van der Waals surface area contributed by atoms with E-state index in [1.807, 2.05) is 6.92 Å². The van der Waals surface area contributed by atoms with Crippen LogP contribution in [0, 0.1) is 5.82 Å². The second kappa shape index (κ2) is 5.17. The summed E-state index contributed by atoms with van der Waals surface area (Å²) in [6, 6.07) is 4.34. The predicted octanol–water partition coefficient (Wildman–Crippen LogP) is 2.32. The number of ether oxygens (including phenoxy) is 1. The molecule has 0 spiro atoms. The first-order valence-corrected chi connectivity index (χ1v) is 6.40. The molecule has 1 fully saturated rings. The van der Waals surface area contributed by atoms with E-state index >= 15 is 0 Å². The summed E-state index contributed by atoms with van der Waals surface area (Å²) in [4.78, 5) is 11.8. The van der Waals surface area contributed by atoms with E-state index < -0.39 is 17.2 Å². The predicted molar refractivity (Wildman–Crippen MR) is 69.4 cm³/mol. The van der Waals surface area contributed by atoms with Crippen LogP contribution in [0.3, 0.4) is 0 Å². The zero-order valence-electron chi connectivity index (χ0n) is 10.9. The van der Waals surface area contributed by atoms with Crippen LogP contribution in [0.1, 0.15) is 31.7 Å². The largest absolute Gasteiger partial charge is 0.481 e. The molecule has 0 aliphatic carbocycles. The van der Waals surface area contributed by atoms with E-state index in [-0.39, 0.29) is 11.8 Å². The van der Waals surface area contributed by atoms with Gasteiger partial charge in [0, 0.05) is 6.61 Å². The highest BCUT2D eigenvalue weighted by atomic mass is 19.1. The monoisotopic (exact) mass is 267 g/mol. The van der Waals surface area contributed by atoms with Gasteiger partial charge in [-0.1, -0.05) is 19.1 Å². The molecule has 2 unspecified atom stereocenters. The molecule has 0 saturated carbocycles. The van der Waals surface area contributed by atoms with Gasteiger partial charge in [0.1, 0.15) is 5.82 Å². The molecular weight excluding hydrogens is 249 g/mol. The quantitative estimate of drug-likeness (QED) is 0.824. The lowest BCUT2D eigenvalue weighted by atomic mass is 9.71. The lowest BCUT2D eigenvalue weighted by molar-refractivity contribution is -0.150. The van der Waals surface area contributed by atoms with Crippen LogP contribution in [0.4, 0.5) is 10.1 Å². The lowest BCUT2D eigenvalue weighted by Gasteiger charge is -2.38. The number of carboxylic acids is 1. The second-order valence-electron chi connectivity index (χ2n) is 4.94. The number of carbonyl (C=O) groups is 1. The van der Waals surface area contributed by atoms with E-state index in [2.05, 4.69) is 0 Å². The number of rotatable bonds is 3. The van der Waals surface area contributed by atoms with Crippen LogP contribution in [0.2, 0.25) is 0 Å². The minimum atomic E-state index is -1.15. The smallest absolute Gasteiger partial charge is 0.314 e. The van der Waals surface area contributed by atoms with Crippen molar-refractivity contribution in [3.63, 3.8) is 0 Å². The number of carboxylic acid groups (broad SMARTS) is 1. The average Bonchev–Trinajstić information content (AvgIpc) is 2.41. The van der Waals surface area contributed by atoms with Crippen LogP contribution >= 0.6 is 0 Å². The van der Waals surface area contributed by atoms with Gasteiger partial charge in [0.2, 0.25) is 0 Å². The Morgan fingerprint density at radius 3 is 3.00 bits per heavy atom. The van der Waals surface area contributed by atoms with E-state index in [4.69, 9.17) is 10.5 Å². The summed E-state index contributed by atoms with van der Waals surface area (Å²) >= 11 is 0. The van der Waals surface area contributed by atoms with Crippen molar-refractivity contribution in [3.05, 3.63) is 29.6 Å². The van der Waals surface area contributed by atoms with Gasteiger partial charge in [-0.25, -0.2) is 4.39 Å². The van der Waals surface area contributed by atoms with Gasteiger partial charge < -0.3 is 15.6 Å². The molecule has 2 rings (SSSR count). The highest BCUT2D eigenvalue weighted by molar-refractivity contribution is 5.84. The van der Waals surface area contributed by atoms with Crippen molar-refractivity contribution in [2.45, 2.75) is 37.7 Å². The first-order chi connectivity index (χ1) is 9.01. The topological polar surface area (TPSA) is 72.5 Å². The fourth-order valence-electron chi connectivity index (χ4n) is 2.72. The van der Waals surface area contributed by atoms with Gasteiger partial charge in [-0.2, -0.15) is 0 Å². The van der Waals surface area contributed by atoms with Gasteiger partial charge >= 0.3 is 5.97 Å². The number of benzene rings is 1. The summed E-state index contributed by atoms with van der Waals surface area (Å²) in [6.07, 6.45) is 1.23. The van der Waals surface area contributed by atoms with E-state index in [0.717, 1.165) is 6.42 Å². The van der Waals surface area contributed by atoms with Gasteiger partial charge in [0.25, 0.3) is 0 Å². The Hall–Kier alpha value is -1.62. The molecule has 0 amide bonds. The van der Waals surface area contributed by atoms with Crippen LogP contribution in [-0.2, 0) is 14.9 Å². The number of anilines is 1. The molecule has 104 valence electrons. The van der Waals surface area contributed by atoms with E-state index in [0.29, 0.717) is 25.0 Å². The number of aliphatic carboxylic acids is 1. The number of nitrogen functional groups attached to an aromatic ring is 1. The van der Waals surface area contributed by atoms with Crippen LogP contribution in [0.15, 0.2) is 18.2 Å². The van der Waals surface area contributed by atoms with Crippen molar-refractivity contribution in [1.29, 1.82) is 0 Å². The maximum absolute atomic E-state index is 13.6. The molecule has 1 aliphatic heterocycles. The zero-order chi connectivity index (χ0) is 14.0. The second-order valence-corrected chi connectivity index (χ2v) is 4.94. The molecule has 0 aromatic heterocycles. The SMILES string of the molecule is CCC1CC(C(=O)O)(c2cccc(F)c2N)CCO1. The molecule has 4 nitrogen and oxygen atoms in total. The molecule has 0 bridgehead atoms. The normalized spacial score (nSPS) is 27.2. The lowest BCUT2D eigenvalue weighted by Crippen LogP contribution is -2.45. The molecule has 1 aliphatic rings. The number of hydrogen-bond acceptors (Lipinski definition) is 3. The molecule has 3 N–H and O–H groups in total. The van der Waals surface area contributed by atoms with Crippen LogP contribution in [0.5, 0.6) is 0 Å². The van der Waals surface area contributed by atoms with E-state index in [1.54, 1.807) is 6.07 Å². The number of nitrogens with two attached hydrogens (primary N) is 1. The summed E-state index contributed by atoms with van der Waals surface area (Å²) in [6.45, 7) is 2.29. The van der Waals surface area contributed by atoms with Crippen LogP contribution < -0.4 is 5.73 Å². The molecule has 1 aromatic rings. The average molecular weight is 267 g/mol. The van der Waals surface area contributed by atoms with Crippen molar-refractivity contribution in [2.75, 3.05) is 12.3 Å². The summed E-state index contributed by atoms with van der Waals surface area (Å²) < 4.78 is 19.1. The maximum Gasteiger partial charge on any atom is 0.314 e. The van der Waals surface area contributed by atoms with Gasteiger partial charge in [0.05, 0.1) is 17.2 Å². The van der Waals surface area contributed by atoms with Crippen LogP contribution in [-0.4, -0.2) is 23.8 Å². The molecule has 0 radical (unpaired) electrons. The van der Waals surface area contributed by atoms with Gasteiger partial charge in [-0.15, -0.1) is 0 Å². The highest BCUT2D eigenvalue weighted by Crippen LogP contribution is 2.41. The Balaban J connectivity index is 2.50. The first kappa shape index (κ1) is 13.8. The Labute approximate surface area is 111 Å². The van der Waals surface area contributed by atoms with Crippen molar-refractivity contribution < 1.29 is 19.0 Å². The fraction of sp³-hybridized carbons (Fsp3) is 0.500. The van der Waals surface area contributed by atoms with Crippen molar-refractivity contribution in [2.24, 2.45) is 0 Å². The number of hydrogen-bond donors (Lipinski definition) is 2. The highest BCUT2D eigenvalue weighted by Gasteiger charge is 2.46. The first-order valence-electron chi connectivity index (χ1n) is 6.40. The van der Waals surface area contributed by atoms with Gasteiger partial charge in [-0.3, -0.25) is 4.79 Å². The Kier molecular flexibility index (Phi) is 3.75. The third-order valence-electron chi connectivity index (χ3n) is 3.89. The Morgan fingerprint density at radius 2 is 2.37 bits per heavy atom. The summed E-state index contributed by atoms with van der Waals surface area (Å²) in [5.41, 5.74) is 4.89. The maximum atomic E-state index is 13.6. The molecule has 1 aromatic carbocycles. The summed E-state index contributed by atoms with van der Waals surface area (Å²) in [5, 5.41) is 9.64. The van der Waals surface area contributed by atoms with Gasteiger partial charge in [0.15, 0.2) is 0 Å².